The lowest BCUT2D eigenvalue weighted by atomic mass is 9.78. The summed E-state index contributed by atoms with van der Waals surface area (Å²) in [6.45, 7) is 10.0. The maximum atomic E-state index is 12.8. The third-order valence-electron chi connectivity index (χ3n) is 7.22. The second kappa shape index (κ2) is 19.3. The number of carbonyl (C=O) groups excluding carboxylic acids is 6. The summed E-state index contributed by atoms with van der Waals surface area (Å²) in [4.78, 5) is 85.5. The Bertz CT molecular complexity index is 1200. The maximum absolute atomic E-state index is 12.8. The normalized spacial score (nSPS) is 12.7. The van der Waals surface area contributed by atoms with Gasteiger partial charge in [-0.3, -0.25) is 33.6 Å². The van der Waals surface area contributed by atoms with E-state index in [2.05, 4.69) is 26.6 Å². The highest BCUT2D eigenvalue weighted by atomic mass is 16.4. The fraction of sp³-hybridized carbons (Fsp3) is 0.606. The third kappa shape index (κ3) is 16.7. The molecule has 5 amide bonds. The Kier molecular flexibility index (Phi) is 16.6. The molecule has 13 heteroatoms. The van der Waals surface area contributed by atoms with Gasteiger partial charge in [0.05, 0.1) is 25.6 Å². The Hall–Kier alpha value is -4.29. The first-order valence-corrected chi connectivity index (χ1v) is 15.6. The smallest absolute Gasteiger partial charge is 0.307 e. The van der Waals surface area contributed by atoms with Crippen molar-refractivity contribution in [3.63, 3.8) is 0 Å². The van der Waals surface area contributed by atoms with Crippen LogP contribution in [0.5, 0.6) is 0 Å². The predicted octanol–water partition coefficient (Wildman–Crippen LogP) is 1.49. The van der Waals surface area contributed by atoms with Crippen LogP contribution in [0.2, 0.25) is 0 Å². The molecule has 0 saturated carbocycles. The summed E-state index contributed by atoms with van der Waals surface area (Å²) in [5.41, 5.74) is -0.378. The van der Waals surface area contributed by atoms with Gasteiger partial charge in [0, 0.05) is 31.2 Å². The lowest BCUT2D eigenvalue weighted by Crippen LogP contribution is -2.52. The summed E-state index contributed by atoms with van der Waals surface area (Å²) in [7, 11) is 0. The molecule has 0 spiro atoms. The molecule has 0 saturated heterocycles. The van der Waals surface area contributed by atoms with E-state index < -0.39 is 53.0 Å². The largest absolute Gasteiger partial charge is 0.481 e. The van der Waals surface area contributed by atoms with Crippen molar-refractivity contribution in [1.82, 2.24) is 26.6 Å². The van der Waals surface area contributed by atoms with Crippen molar-refractivity contribution in [2.24, 2.45) is 16.7 Å². The minimum atomic E-state index is -1.01. The molecule has 1 aromatic carbocycles. The van der Waals surface area contributed by atoms with Crippen LogP contribution in [0.1, 0.15) is 79.2 Å². The zero-order valence-electron chi connectivity index (χ0n) is 27.9. The second-order valence-electron chi connectivity index (χ2n) is 13.4. The molecule has 256 valence electrons. The Morgan fingerprint density at radius 3 is 1.89 bits per heavy atom. The molecule has 0 aliphatic rings. The molecule has 1 unspecified atom stereocenters. The zero-order valence-corrected chi connectivity index (χ0v) is 27.9. The van der Waals surface area contributed by atoms with Crippen LogP contribution in [0.4, 0.5) is 0 Å². The summed E-state index contributed by atoms with van der Waals surface area (Å²) in [6, 6.07) is 8.07. The van der Waals surface area contributed by atoms with Gasteiger partial charge in [-0.1, -0.05) is 78.3 Å². The molecular weight excluding hydrogens is 594 g/mol. The molecule has 0 heterocycles. The van der Waals surface area contributed by atoms with Gasteiger partial charge in [0.2, 0.25) is 29.5 Å². The molecule has 0 radical (unpaired) electrons. The Morgan fingerprint density at radius 1 is 0.696 bits per heavy atom. The van der Waals surface area contributed by atoms with E-state index in [1.807, 2.05) is 18.2 Å². The van der Waals surface area contributed by atoms with Crippen LogP contribution in [0.25, 0.3) is 0 Å². The van der Waals surface area contributed by atoms with E-state index in [0.29, 0.717) is 25.8 Å². The number of nitrogens with one attached hydrogen (secondary N) is 5. The van der Waals surface area contributed by atoms with E-state index in [9.17, 15) is 38.7 Å². The van der Waals surface area contributed by atoms with Crippen molar-refractivity contribution in [3.8, 4) is 0 Å². The van der Waals surface area contributed by atoms with Crippen LogP contribution in [0, 0.1) is 16.7 Å². The number of hydrogen-bond donors (Lipinski definition) is 6. The van der Waals surface area contributed by atoms with Crippen LogP contribution in [0.3, 0.4) is 0 Å². The fourth-order valence-electron chi connectivity index (χ4n) is 4.21. The molecule has 1 aromatic rings. The number of carbonyl (C=O) groups is 7. The Labute approximate surface area is 271 Å². The summed E-state index contributed by atoms with van der Waals surface area (Å²) < 4.78 is 0. The van der Waals surface area contributed by atoms with Crippen LogP contribution in [-0.2, 0) is 40.0 Å². The van der Waals surface area contributed by atoms with Crippen molar-refractivity contribution in [3.05, 3.63) is 35.9 Å². The van der Waals surface area contributed by atoms with Gasteiger partial charge in [-0.25, -0.2) is 0 Å². The standard InChI is InChI=1S/C33H51N5O8/c1-32(2,3)23(31(45)46)18-27(41)34-16-12-8-11-15-26(40)35-20-28(42)36-21-29(43)38-24(17-22-13-9-7-10-14-22)30(44)37-19-25(39)33(4,5)6/h7,9-10,13-14,23-24H,8,11-12,15-21H2,1-6H3,(H,34,41)(H,35,40)(H,36,42)(H,37,44)(H,38,43)(H,45,46)/t23?,24-/m0/s1. The monoisotopic (exact) mass is 645 g/mol. The van der Waals surface area contributed by atoms with Crippen molar-refractivity contribution in [2.75, 3.05) is 26.2 Å². The van der Waals surface area contributed by atoms with E-state index in [1.54, 1.807) is 53.7 Å². The number of carboxylic acid groups (broad SMARTS) is 1. The van der Waals surface area contributed by atoms with E-state index in [1.165, 1.54) is 0 Å². The summed E-state index contributed by atoms with van der Waals surface area (Å²) in [6.07, 6.45) is 2.02. The van der Waals surface area contributed by atoms with Gasteiger partial charge in [0.25, 0.3) is 0 Å². The Balaban J connectivity index is 2.38. The first-order valence-electron chi connectivity index (χ1n) is 15.6. The number of aliphatic carboxylic acids is 1. The molecule has 0 bridgehead atoms. The quantitative estimate of drug-likeness (QED) is 0.122. The number of benzene rings is 1. The first kappa shape index (κ1) is 39.7. The van der Waals surface area contributed by atoms with Crippen LogP contribution in [-0.4, -0.2) is 78.6 Å². The highest BCUT2D eigenvalue weighted by Crippen LogP contribution is 2.28. The fourth-order valence-corrected chi connectivity index (χ4v) is 4.21. The number of Topliss-reactive ketones (excluding diaryl/α,β-unsaturated/α-hetero) is 1. The molecule has 0 aromatic heterocycles. The molecule has 0 aliphatic carbocycles. The maximum Gasteiger partial charge on any atom is 0.307 e. The molecule has 0 aliphatic heterocycles. The molecular formula is C33H51N5O8. The van der Waals surface area contributed by atoms with Gasteiger partial charge >= 0.3 is 5.97 Å². The van der Waals surface area contributed by atoms with Gasteiger partial charge in [-0.2, -0.15) is 0 Å². The van der Waals surface area contributed by atoms with Crippen LogP contribution >= 0.6 is 0 Å². The number of ketones is 1. The van der Waals surface area contributed by atoms with Gasteiger partial charge in [0.15, 0.2) is 5.78 Å². The summed E-state index contributed by atoms with van der Waals surface area (Å²) in [5.74, 6) is -4.35. The first-order chi connectivity index (χ1) is 21.4. The van der Waals surface area contributed by atoms with E-state index in [4.69, 9.17) is 0 Å². The lowest BCUT2D eigenvalue weighted by Gasteiger charge is -2.26. The van der Waals surface area contributed by atoms with Gasteiger partial charge in [0.1, 0.15) is 6.04 Å². The van der Waals surface area contributed by atoms with E-state index >= 15 is 0 Å². The molecule has 46 heavy (non-hydrogen) atoms. The minimum Gasteiger partial charge on any atom is -0.481 e. The van der Waals surface area contributed by atoms with Gasteiger partial charge in [-0.05, 0) is 23.8 Å². The SMILES string of the molecule is CC(C)(C)C(=O)CNC(=O)[C@H](Cc1ccccc1)NC(=O)CNC(=O)CNC(=O)CCCCCNC(=O)CC(C(=O)O)C(C)(C)C. The predicted molar refractivity (Wildman–Crippen MR) is 172 cm³/mol. The van der Waals surface area contributed by atoms with Crippen molar-refractivity contribution >= 4 is 41.3 Å². The number of hydrogen-bond acceptors (Lipinski definition) is 7. The van der Waals surface area contributed by atoms with Crippen LogP contribution < -0.4 is 26.6 Å². The Morgan fingerprint density at radius 2 is 1.30 bits per heavy atom. The average Bonchev–Trinajstić information content (AvgIpc) is 2.96. The van der Waals surface area contributed by atoms with Crippen LogP contribution in [0.15, 0.2) is 30.3 Å². The lowest BCUT2D eigenvalue weighted by molar-refractivity contribution is -0.148. The molecule has 2 atom stereocenters. The number of amides is 5. The highest BCUT2D eigenvalue weighted by molar-refractivity contribution is 5.94. The van der Waals surface area contributed by atoms with E-state index in [0.717, 1.165) is 5.56 Å². The summed E-state index contributed by atoms with van der Waals surface area (Å²) >= 11 is 0. The molecule has 0 fully saturated rings. The highest BCUT2D eigenvalue weighted by Gasteiger charge is 2.33. The molecule has 13 nitrogen and oxygen atoms in total. The van der Waals surface area contributed by atoms with E-state index in [-0.39, 0.29) is 49.9 Å². The number of rotatable bonds is 19. The summed E-state index contributed by atoms with van der Waals surface area (Å²) in [5, 5.41) is 22.1. The van der Waals surface area contributed by atoms with Crippen molar-refractivity contribution in [2.45, 2.75) is 86.1 Å². The van der Waals surface area contributed by atoms with Gasteiger partial charge in [-0.15, -0.1) is 0 Å². The number of carboxylic acids is 1. The zero-order chi connectivity index (χ0) is 34.9. The minimum absolute atomic E-state index is 0.103. The topological polar surface area (TPSA) is 200 Å². The van der Waals surface area contributed by atoms with Gasteiger partial charge < -0.3 is 31.7 Å². The number of unbranched alkanes of at least 4 members (excludes halogenated alkanes) is 2. The average molecular weight is 646 g/mol. The second-order valence-corrected chi connectivity index (χ2v) is 13.4. The molecule has 1 rings (SSSR count). The third-order valence-corrected chi connectivity index (χ3v) is 7.22. The molecule has 6 N–H and O–H groups in total. The van der Waals surface area contributed by atoms with Crippen molar-refractivity contribution in [1.29, 1.82) is 0 Å². The van der Waals surface area contributed by atoms with Crippen molar-refractivity contribution < 1.29 is 38.7 Å².